The van der Waals surface area contributed by atoms with Crippen LogP contribution in [0.2, 0.25) is 10.0 Å². The normalized spacial score (nSPS) is 12.5. The SMILES string of the molecule is CC(Nc1ccc(Cl)c(Cl)c1)c1cc(Br)cs1. The highest BCUT2D eigenvalue weighted by Crippen LogP contribution is 2.30. The maximum atomic E-state index is 5.97. The first-order chi connectivity index (χ1) is 8.06. The van der Waals surface area contributed by atoms with E-state index in [4.69, 9.17) is 23.2 Å². The van der Waals surface area contributed by atoms with Crippen LogP contribution < -0.4 is 5.32 Å². The van der Waals surface area contributed by atoms with Crippen molar-refractivity contribution in [3.63, 3.8) is 0 Å². The van der Waals surface area contributed by atoms with E-state index in [-0.39, 0.29) is 6.04 Å². The van der Waals surface area contributed by atoms with Gasteiger partial charge >= 0.3 is 0 Å². The molecular formula is C12H10BrCl2NS. The topological polar surface area (TPSA) is 12.0 Å². The van der Waals surface area contributed by atoms with E-state index in [0.717, 1.165) is 10.2 Å². The number of benzene rings is 1. The van der Waals surface area contributed by atoms with Crippen LogP contribution in [-0.2, 0) is 0 Å². The summed E-state index contributed by atoms with van der Waals surface area (Å²) in [6.45, 7) is 2.11. The highest BCUT2D eigenvalue weighted by Gasteiger charge is 2.08. The predicted octanol–water partition coefficient (Wildman–Crippen LogP) is 5.99. The Morgan fingerprint density at radius 3 is 2.59 bits per heavy atom. The van der Waals surface area contributed by atoms with Crippen molar-refractivity contribution < 1.29 is 0 Å². The average Bonchev–Trinajstić information content (AvgIpc) is 2.70. The Hall–Kier alpha value is -0.220. The van der Waals surface area contributed by atoms with Crippen molar-refractivity contribution in [2.24, 2.45) is 0 Å². The Balaban J connectivity index is 2.12. The minimum Gasteiger partial charge on any atom is -0.378 e. The quantitative estimate of drug-likeness (QED) is 0.716. The van der Waals surface area contributed by atoms with Crippen LogP contribution in [0.4, 0.5) is 5.69 Å². The lowest BCUT2D eigenvalue weighted by molar-refractivity contribution is 0.908. The van der Waals surface area contributed by atoms with E-state index in [0.29, 0.717) is 10.0 Å². The Labute approximate surface area is 123 Å². The van der Waals surface area contributed by atoms with Crippen LogP contribution in [0, 0.1) is 0 Å². The first-order valence-electron chi connectivity index (χ1n) is 5.02. The number of nitrogens with one attached hydrogen (secondary N) is 1. The highest BCUT2D eigenvalue weighted by molar-refractivity contribution is 9.10. The van der Waals surface area contributed by atoms with E-state index in [1.54, 1.807) is 17.4 Å². The molecule has 0 saturated heterocycles. The minimum absolute atomic E-state index is 0.239. The standard InChI is InChI=1S/C12H10BrCl2NS/c1-7(12-4-8(13)6-17-12)16-9-2-3-10(14)11(15)5-9/h2-7,16H,1H3. The maximum absolute atomic E-state index is 5.97. The van der Waals surface area contributed by atoms with Crippen molar-refractivity contribution in [1.82, 2.24) is 0 Å². The Morgan fingerprint density at radius 1 is 1.24 bits per heavy atom. The molecule has 0 saturated carbocycles. The smallest absolute Gasteiger partial charge is 0.0612 e. The second kappa shape index (κ2) is 5.61. The number of halogens is 3. The van der Waals surface area contributed by atoms with Gasteiger partial charge in [-0.2, -0.15) is 0 Å². The van der Waals surface area contributed by atoms with Gasteiger partial charge < -0.3 is 5.32 Å². The lowest BCUT2D eigenvalue weighted by Gasteiger charge is -2.14. The van der Waals surface area contributed by atoms with Crippen molar-refractivity contribution >= 4 is 56.2 Å². The van der Waals surface area contributed by atoms with Gasteiger partial charge in [0, 0.05) is 20.4 Å². The average molecular weight is 351 g/mol. The monoisotopic (exact) mass is 349 g/mol. The first-order valence-corrected chi connectivity index (χ1v) is 7.44. The molecule has 0 fully saturated rings. The second-order valence-electron chi connectivity index (χ2n) is 3.66. The molecule has 1 unspecified atom stereocenters. The van der Waals surface area contributed by atoms with Gasteiger partial charge in [-0.25, -0.2) is 0 Å². The molecule has 0 aliphatic heterocycles. The molecule has 0 spiro atoms. The summed E-state index contributed by atoms with van der Waals surface area (Å²) in [5.74, 6) is 0. The van der Waals surface area contributed by atoms with Gasteiger partial charge in [-0.05, 0) is 47.1 Å². The molecule has 5 heteroatoms. The fourth-order valence-electron chi connectivity index (χ4n) is 1.46. The van der Waals surface area contributed by atoms with E-state index < -0.39 is 0 Å². The molecule has 2 rings (SSSR count). The molecule has 0 radical (unpaired) electrons. The Bertz CT molecular complexity index is 527. The van der Waals surface area contributed by atoms with Gasteiger partial charge in [-0.1, -0.05) is 23.2 Å². The number of hydrogen-bond acceptors (Lipinski definition) is 2. The molecule has 0 aliphatic carbocycles. The number of rotatable bonds is 3. The summed E-state index contributed by atoms with van der Waals surface area (Å²) in [6.07, 6.45) is 0. The van der Waals surface area contributed by atoms with Crippen LogP contribution in [-0.4, -0.2) is 0 Å². The van der Waals surface area contributed by atoms with E-state index in [1.165, 1.54) is 4.88 Å². The number of hydrogen-bond donors (Lipinski definition) is 1. The van der Waals surface area contributed by atoms with Gasteiger partial charge in [0.05, 0.1) is 16.1 Å². The molecule has 0 amide bonds. The molecule has 1 aromatic heterocycles. The van der Waals surface area contributed by atoms with Crippen molar-refractivity contribution in [1.29, 1.82) is 0 Å². The van der Waals surface area contributed by atoms with Crippen LogP contribution in [0.1, 0.15) is 17.8 Å². The summed E-state index contributed by atoms with van der Waals surface area (Å²) >= 11 is 17.0. The zero-order valence-corrected chi connectivity index (χ0v) is 12.9. The molecule has 1 heterocycles. The van der Waals surface area contributed by atoms with Gasteiger partial charge in [0.1, 0.15) is 0 Å². The molecule has 2 aromatic rings. The molecule has 1 aromatic carbocycles. The van der Waals surface area contributed by atoms with Gasteiger partial charge in [-0.15, -0.1) is 11.3 Å². The van der Waals surface area contributed by atoms with Crippen molar-refractivity contribution in [3.8, 4) is 0 Å². The molecule has 17 heavy (non-hydrogen) atoms. The molecule has 1 nitrogen and oxygen atoms in total. The lowest BCUT2D eigenvalue weighted by Crippen LogP contribution is -2.04. The summed E-state index contributed by atoms with van der Waals surface area (Å²) in [4.78, 5) is 1.27. The van der Waals surface area contributed by atoms with Crippen molar-refractivity contribution in [3.05, 3.63) is 49.0 Å². The molecular weight excluding hydrogens is 341 g/mol. The Morgan fingerprint density at radius 2 is 2.00 bits per heavy atom. The molecule has 1 atom stereocenters. The van der Waals surface area contributed by atoms with E-state index >= 15 is 0 Å². The summed E-state index contributed by atoms with van der Waals surface area (Å²) in [5.41, 5.74) is 0.969. The van der Waals surface area contributed by atoms with Crippen LogP contribution in [0.3, 0.4) is 0 Å². The zero-order valence-electron chi connectivity index (χ0n) is 9.01. The van der Waals surface area contributed by atoms with Crippen LogP contribution >= 0.6 is 50.5 Å². The summed E-state index contributed by atoms with van der Waals surface area (Å²) in [6, 6.07) is 7.91. The zero-order chi connectivity index (χ0) is 12.4. The molecule has 1 N–H and O–H groups in total. The minimum atomic E-state index is 0.239. The summed E-state index contributed by atoms with van der Waals surface area (Å²) in [7, 11) is 0. The fraction of sp³-hybridized carbons (Fsp3) is 0.167. The maximum Gasteiger partial charge on any atom is 0.0612 e. The molecule has 0 bridgehead atoms. The third-order valence-corrected chi connectivity index (χ3v) is 4.93. The van der Waals surface area contributed by atoms with Gasteiger partial charge in [0.15, 0.2) is 0 Å². The van der Waals surface area contributed by atoms with Gasteiger partial charge in [0.2, 0.25) is 0 Å². The van der Waals surface area contributed by atoms with E-state index in [1.807, 2.05) is 12.1 Å². The van der Waals surface area contributed by atoms with E-state index in [2.05, 4.69) is 39.6 Å². The second-order valence-corrected chi connectivity index (χ2v) is 6.34. The predicted molar refractivity (Wildman–Crippen MR) is 80.5 cm³/mol. The van der Waals surface area contributed by atoms with Gasteiger partial charge in [-0.3, -0.25) is 0 Å². The molecule has 90 valence electrons. The fourth-order valence-corrected chi connectivity index (χ4v) is 3.21. The Kier molecular flexibility index (Phi) is 4.36. The third kappa shape index (κ3) is 3.38. The van der Waals surface area contributed by atoms with Crippen LogP contribution in [0.5, 0.6) is 0 Å². The summed E-state index contributed by atoms with van der Waals surface area (Å²) < 4.78 is 1.11. The number of thiophene rings is 1. The largest absolute Gasteiger partial charge is 0.378 e. The number of anilines is 1. The van der Waals surface area contributed by atoms with Gasteiger partial charge in [0.25, 0.3) is 0 Å². The lowest BCUT2D eigenvalue weighted by atomic mass is 10.2. The van der Waals surface area contributed by atoms with Crippen LogP contribution in [0.15, 0.2) is 34.1 Å². The third-order valence-electron chi connectivity index (χ3n) is 2.32. The van der Waals surface area contributed by atoms with E-state index in [9.17, 15) is 0 Å². The van der Waals surface area contributed by atoms with Crippen molar-refractivity contribution in [2.45, 2.75) is 13.0 Å². The van der Waals surface area contributed by atoms with Crippen molar-refractivity contribution in [2.75, 3.05) is 5.32 Å². The first kappa shape index (κ1) is 13.2. The van der Waals surface area contributed by atoms with Crippen LogP contribution in [0.25, 0.3) is 0 Å². The molecule has 0 aliphatic rings. The summed E-state index contributed by atoms with van der Waals surface area (Å²) in [5, 5.41) is 6.60. The highest BCUT2D eigenvalue weighted by atomic mass is 79.9.